The van der Waals surface area contributed by atoms with Gasteiger partial charge in [0.1, 0.15) is 17.6 Å². The van der Waals surface area contributed by atoms with Gasteiger partial charge in [0.15, 0.2) is 0 Å². The van der Waals surface area contributed by atoms with Gasteiger partial charge in [0, 0.05) is 55.2 Å². The molecule has 1 saturated heterocycles. The Morgan fingerprint density at radius 1 is 0.972 bits per heavy atom. The normalized spacial score (nSPS) is 41.4. The van der Waals surface area contributed by atoms with Gasteiger partial charge in [-0.15, -0.1) is 4.72 Å². The lowest BCUT2D eigenvalue weighted by atomic mass is 9.73. The van der Waals surface area contributed by atoms with Crippen molar-refractivity contribution in [2.75, 3.05) is 39.4 Å². The largest absolute Gasteiger partial charge is 0.598 e. The summed E-state index contributed by atoms with van der Waals surface area (Å²) in [7, 11) is 0. The molecule has 2 heterocycles. The molecule has 0 amide bonds. The van der Waals surface area contributed by atoms with Crippen LogP contribution in [-0.2, 0) is 16.1 Å². The van der Waals surface area contributed by atoms with Crippen LogP contribution in [0.5, 0.6) is 0 Å². The molecule has 36 heavy (non-hydrogen) atoms. The number of morpholine rings is 1. The molecule has 5 unspecified atom stereocenters. The van der Waals surface area contributed by atoms with E-state index in [1.54, 1.807) is 0 Å². The van der Waals surface area contributed by atoms with Gasteiger partial charge in [-0.1, -0.05) is 0 Å². The Labute approximate surface area is 219 Å². The van der Waals surface area contributed by atoms with E-state index < -0.39 is 23.7 Å². The van der Waals surface area contributed by atoms with E-state index in [9.17, 15) is 13.3 Å². The highest BCUT2D eigenvalue weighted by Crippen LogP contribution is 2.38. The molecule has 5 rings (SSSR count). The van der Waals surface area contributed by atoms with E-state index in [2.05, 4.69) is 14.9 Å². The number of hydrogen-bond acceptors (Lipinski definition) is 6. The van der Waals surface area contributed by atoms with E-state index in [1.807, 2.05) is 0 Å². The number of aliphatic imine (C=N–C) groups is 1. The molecule has 0 aromatic carbocycles. The number of hydrogen-bond donors (Lipinski definition) is 2. The highest BCUT2D eigenvalue weighted by atomic mass is 32.2. The topological polar surface area (TPSA) is 72.0 Å². The van der Waals surface area contributed by atoms with E-state index in [1.165, 1.54) is 5.71 Å². The summed E-state index contributed by atoms with van der Waals surface area (Å²) < 4.78 is 49.6. The van der Waals surface area contributed by atoms with Crippen molar-refractivity contribution in [3.63, 3.8) is 0 Å². The van der Waals surface area contributed by atoms with E-state index >= 15 is 0 Å². The van der Waals surface area contributed by atoms with Crippen LogP contribution in [0.25, 0.3) is 0 Å². The maximum Gasteiger partial charge on any atom is 0.137 e. The molecule has 4 fully saturated rings. The van der Waals surface area contributed by atoms with Gasteiger partial charge >= 0.3 is 0 Å². The Balaban J connectivity index is 1.18. The summed E-state index contributed by atoms with van der Waals surface area (Å²) >= 11 is -1.05. The van der Waals surface area contributed by atoms with Gasteiger partial charge in [-0.05, 0) is 89.0 Å². The molecule has 5 aliphatic rings. The lowest BCUT2D eigenvalue weighted by Gasteiger charge is -2.46. The van der Waals surface area contributed by atoms with Crippen molar-refractivity contribution in [3.8, 4) is 0 Å². The SMILES string of the molecule is [O-][S+](NCCCN1CCOCC1)C1CCC2NC(C3CCC(F)CC3)C(C3CCC(F)CC3)=NC2C1. The lowest BCUT2D eigenvalue weighted by Crippen LogP contribution is -2.60. The van der Waals surface area contributed by atoms with Gasteiger partial charge in [-0.3, -0.25) is 9.89 Å². The molecule has 2 aliphatic heterocycles. The highest BCUT2D eigenvalue weighted by Gasteiger charge is 2.44. The Hall–Kier alpha value is -0.320. The molecule has 206 valence electrons. The van der Waals surface area contributed by atoms with E-state index in [0.717, 1.165) is 90.8 Å². The van der Waals surface area contributed by atoms with Crippen LogP contribution >= 0.6 is 0 Å². The molecule has 0 spiro atoms. The fraction of sp³-hybridized carbons (Fsp3) is 0.963. The second-order valence-electron chi connectivity index (χ2n) is 11.8. The minimum Gasteiger partial charge on any atom is -0.598 e. The van der Waals surface area contributed by atoms with Crippen molar-refractivity contribution in [2.24, 2.45) is 16.8 Å². The molecular formula is C27H46F2N4O2S. The number of halogens is 2. The number of nitrogens with one attached hydrogen (secondary N) is 2. The Morgan fingerprint density at radius 3 is 2.39 bits per heavy atom. The van der Waals surface area contributed by atoms with Crippen molar-refractivity contribution < 1.29 is 18.1 Å². The monoisotopic (exact) mass is 528 g/mol. The van der Waals surface area contributed by atoms with E-state index in [0.29, 0.717) is 43.6 Å². The first-order valence-corrected chi connectivity index (χ1v) is 15.8. The summed E-state index contributed by atoms with van der Waals surface area (Å²) in [5.74, 6) is 0.766. The number of ether oxygens (including phenoxy) is 1. The number of alkyl halides is 2. The Morgan fingerprint density at radius 2 is 1.67 bits per heavy atom. The van der Waals surface area contributed by atoms with E-state index in [4.69, 9.17) is 9.73 Å². The molecule has 0 aromatic heterocycles. The fourth-order valence-electron chi connectivity index (χ4n) is 7.14. The minimum absolute atomic E-state index is 0.126. The van der Waals surface area contributed by atoms with Crippen molar-refractivity contribution in [1.82, 2.24) is 14.9 Å². The standard InChI is InChI=1S/C27H46F2N4O2S/c28-21-6-2-19(3-7-21)26-27(20-4-8-22(29)9-5-20)32-25-18-23(10-11-24(25)31-26)36(34)30-12-1-13-33-14-16-35-17-15-33/h19-26,30-31H,1-18H2. The third kappa shape index (κ3) is 7.00. The van der Waals surface area contributed by atoms with Gasteiger partial charge < -0.3 is 14.6 Å². The first-order chi connectivity index (χ1) is 17.6. The van der Waals surface area contributed by atoms with Gasteiger partial charge in [0.25, 0.3) is 0 Å². The van der Waals surface area contributed by atoms with Crippen LogP contribution < -0.4 is 10.0 Å². The molecular weight excluding hydrogens is 482 g/mol. The lowest BCUT2D eigenvalue weighted by molar-refractivity contribution is 0.0376. The molecule has 3 saturated carbocycles. The third-order valence-corrected chi connectivity index (χ3v) is 10.9. The Bertz CT molecular complexity index is 712. The molecule has 3 aliphatic carbocycles. The average Bonchev–Trinajstić information content (AvgIpc) is 2.91. The molecule has 5 atom stereocenters. The molecule has 0 aromatic rings. The van der Waals surface area contributed by atoms with Gasteiger partial charge in [-0.2, -0.15) is 0 Å². The van der Waals surface area contributed by atoms with Crippen molar-refractivity contribution in [2.45, 2.75) is 113 Å². The smallest absolute Gasteiger partial charge is 0.137 e. The first kappa shape index (κ1) is 27.3. The van der Waals surface area contributed by atoms with Crippen molar-refractivity contribution in [3.05, 3.63) is 0 Å². The molecule has 0 radical (unpaired) electrons. The molecule has 2 N–H and O–H groups in total. The second-order valence-corrected chi connectivity index (χ2v) is 13.3. The van der Waals surface area contributed by atoms with E-state index in [-0.39, 0.29) is 17.3 Å². The van der Waals surface area contributed by atoms with Crippen LogP contribution in [0.1, 0.15) is 77.0 Å². The second kappa shape index (κ2) is 13.2. The summed E-state index contributed by atoms with van der Waals surface area (Å²) in [5.41, 5.74) is 1.23. The van der Waals surface area contributed by atoms with Crippen LogP contribution in [0, 0.1) is 11.8 Å². The predicted octanol–water partition coefficient (Wildman–Crippen LogP) is 3.72. The van der Waals surface area contributed by atoms with Crippen molar-refractivity contribution >= 4 is 17.1 Å². The maximum atomic E-state index is 13.9. The zero-order chi connectivity index (χ0) is 24.9. The molecule has 6 nitrogen and oxygen atoms in total. The zero-order valence-electron chi connectivity index (χ0n) is 21.7. The summed E-state index contributed by atoms with van der Waals surface area (Å²) in [5, 5.41) is 4.09. The quantitative estimate of drug-likeness (QED) is 0.371. The number of fused-ring (bicyclic) bond motifs is 1. The summed E-state index contributed by atoms with van der Waals surface area (Å²) in [6.45, 7) is 5.40. The maximum absolute atomic E-state index is 13.9. The minimum atomic E-state index is -1.05. The average molecular weight is 529 g/mol. The summed E-state index contributed by atoms with van der Waals surface area (Å²) in [6.07, 6.45) is 8.55. The fourth-order valence-corrected chi connectivity index (χ4v) is 8.45. The zero-order valence-corrected chi connectivity index (χ0v) is 22.5. The molecule has 9 heteroatoms. The highest BCUT2D eigenvalue weighted by molar-refractivity contribution is 7.90. The van der Waals surface area contributed by atoms with Crippen molar-refractivity contribution in [1.29, 1.82) is 0 Å². The summed E-state index contributed by atoms with van der Waals surface area (Å²) in [6, 6.07) is 0.670. The number of rotatable bonds is 8. The van der Waals surface area contributed by atoms with Crippen LogP contribution in [0.4, 0.5) is 8.78 Å². The van der Waals surface area contributed by atoms with Gasteiger partial charge in [0.05, 0.1) is 19.3 Å². The van der Waals surface area contributed by atoms with Crippen LogP contribution in [0.2, 0.25) is 0 Å². The number of nitrogens with zero attached hydrogens (tertiary/aromatic N) is 2. The van der Waals surface area contributed by atoms with Gasteiger partial charge in [-0.25, -0.2) is 8.78 Å². The third-order valence-electron chi connectivity index (χ3n) is 9.35. The van der Waals surface area contributed by atoms with Crippen LogP contribution in [0.15, 0.2) is 4.99 Å². The van der Waals surface area contributed by atoms with Gasteiger partial charge in [0.2, 0.25) is 0 Å². The molecule has 0 bridgehead atoms. The predicted molar refractivity (Wildman–Crippen MR) is 141 cm³/mol. The van der Waals surface area contributed by atoms with Crippen LogP contribution in [0.3, 0.4) is 0 Å². The Kier molecular flexibility index (Phi) is 9.96. The summed E-state index contributed by atoms with van der Waals surface area (Å²) in [4.78, 5) is 7.79. The first-order valence-electron chi connectivity index (χ1n) is 14.6. The van der Waals surface area contributed by atoms with Crippen LogP contribution in [-0.4, -0.2) is 90.3 Å².